The first-order valence-corrected chi connectivity index (χ1v) is 7.71. The zero-order valence-electron chi connectivity index (χ0n) is 13.2. The first-order valence-electron chi connectivity index (χ1n) is 7.33. The lowest BCUT2D eigenvalue weighted by Gasteiger charge is -2.31. The Morgan fingerprint density at radius 3 is 2.45 bits per heavy atom. The van der Waals surface area contributed by atoms with Gasteiger partial charge in [-0.05, 0) is 24.5 Å². The van der Waals surface area contributed by atoms with E-state index in [1.54, 1.807) is 11.0 Å². The van der Waals surface area contributed by atoms with E-state index in [1.165, 1.54) is 0 Å². The third kappa shape index (κ3) is 5.56. The number of carbonyl (C=O) groups excluding carboxylic acids is 1. The van der Waals surface area contributed by atoms with Gasteiger partial charge in [0.2, 0.25) is 0 Å². The highest BCUT2D eigenvalue weighted by molar-refractivity contribution is 6.31. The van der Waals surface area contributed by atoms with Gasteiger partial charge in [0.25, 0.3) is 0 Å². The van der Waals surface area contributed by atoms with Gasteiger partial charge in [0.05, 0.1) is 12.5 Å². The van der Waals surface area contributed by atoms with E-state index in [0.717, 1.165) is 5.56 Å². The van der Waals surface area contributed by atoms with Gasteiger partial charge in [-0.2, -0.15) is 0 Å². The van der Waals surface area contributed by atoms with Crippen molar-refractivity contribution in [3.63, 3.8) is 0 Å². The van der Waals surface area contributed by atoms with Gasteiger partial charge in [-0.25, -0.2) is 4.79 Å². The Morgan fingerprint density at radius 1 is 1.27 bits per heavy atom. The number of rotatable bonds is 7. The molecule has 1 atom stereocenters. The molecule has 0 saturated carbocycles. The minimum absolute atomic E-state index is 0.0955. The lowest BCUT2D eigenvalue weighted by atomic mass is 10.1. The molecule has 0 heterocycles. The van der Waals surface area contributed by atoms with Crippen LogP contribution >= 0.6 is 11.6 Å². The molecule has 122 valence electrons. The SMILES string of the molecule is CC(C)CN(C(=O)NCCC(=O)O)C(C)c1ccccc1Cl. The standard InChI is InChI=1S/C16H23ClN2O3/c1-11(2)10-19(16(22)18-9-8-15(20)21)12(3)13-6-4-5-7-14(13)17/h4-7,11-12H,8-10H2,1-3H3,(H,18,22)(H,20,21). The quantitative estimate of drug-likeness (QED) is 0.805. The maximum atomic E-state index is 12.4. The molecule has 1 aromatic rings. The Kier molecular flexibility index (Phi) is 7.18. The topological polar surface area (TPSA) is 69.6 Å². The van der Waals surface area contributed by atoms with Crippen molar-refractivity contribution in [3.05, 3.63) is 34.9 Å². The van der Waals surface area contributed by atoms with Crippen molar-refractivity contribution >= 4 is 23.6 Å². The number of aliphatic carboxylic acids is 1. The Bertz CT molecular complexity index is 520. The molecule has 0 aromatic heterocycles. The zero-order valence-corrected chi connectivity index (χ0v) is 13.9. The molecule has 0 aliphatic heterocycles. The van der Waals surface area contributed by atoms with Crippen molar-refractivity contribution in [3.8, 4) is 0 Å². The second-order valence-corrected chi connectivity index (χ2v) is 6.03. The molecule has 0 spiro atoms. The van der Waals surface area contributed by atoms with Crippen LogP contribution in [-0.4, -0.2) is 35.1 Å². The molecule has 0 bridgehead atoms. The number of nitrogens with zero attached hydrogens (tertiary/aromatic N) is 1. The van der Waals surface area contributed by atoms with E-state index in [0.29, 0.717) is 11.6 Å². The number of carbonyl (C=O) groups is 2. The Morgan fingerprint density at radius 2 is 1.91 bits per heavy atom. The summed E-state index contributed by atoms with van der Waals surface area (Å²) in [5.41, 5.74) is 0.873. The van der Waals surface area contributed by atoms with Gasteiger partial charge in [0, 0.05) is 18.1 Å². The van der Waals surface area contributed by atoms with Crippen LogP contribution in [0.5, 0.6) is 0 Å². The lowest BCUT2D eigenvalue weighted by molar-refractivity contribution is -0.136. The van der Waals surface area contributed by atoms with Gasteiger partial charge >= 0.3 is 12.0 Å². The van der Waals surface area contributed by atoms with Crippen molar-refractivity contribution in [2.24, 2.45) is 5.92 Å². The van der Waals surface area contributed by atoms with E-state index < -0.39 is 5.97 Å². The summed E-state index contributed by atoms with van der Waals surface area (Å²) in [7, 11) is 0. The molecule has 1 rings (SSSR count). The number of urea groups is 1. The summed E-state index contributed by atoms with van der Waals surface area (Å²) in [6.45, 7) is 6.64. The van der Waals surface area contributed by atoms with Crippen LogP contribution in [0.2, 0.25) is 5.02 Å². The lowest BCUT2D eigenvalue weighted by Crippen LogP contribution is -2.44. The molecule has 2 N–H and O–H groups in total. The third-order valence-electron chi connectivity index (χ3n) is 3.26. The average Bonchev–Trinajstić information content (AvgIpc) is 2.44. The summed E-state index contributed by atoms with van der Waals surface area (Å²) in [6.07, 6.45) is -0.0955. The number of carboxylic acids is 1. The number of hydrogen-bond acceptors (Lipinski definition) is 2. The van der Waals surface area contributed by atoms with Gasteiger partial charge in [-0.15, -0.1) is 0 Å². The van der Waals surface area contributed by atoms with Crippen LogP contribution in [0.15, 0.2) is 24.3 Å². The summed E-state index contributed by atoms with van der Waals surface area (Å²) in [4.78, 5) is 24.6. The molecule has 22 heavy (non-hydrogen) atoms. The monoisotopic (exact) mass is 326 g/mol. The van der Waals surface area contributed by atoms with Crippen molar-refractivity contribution in [2.45, 2.75) is 33.2 Å². The fourth-order valence-electron chi connectivity index (χ4n) is 2.17. The molecule has 1 unspecified atom stereocenters. The minimum atomic E-state index is -0.935. The van der Waals surface area contributed by atoms with Crippen molar-refractivity contribution < 1.29 is 14.7 Å². The minimum Gasteiger partial charge on any atom is -0.481 e. The molecule has 0 radical (unpaired) electrons. The highest BCUT2D eigenvalue weighted by Gasteiger charge is 2.23. The zero-order chi connectivity index (χ0) is 16.7. The molecule has 2 amide bonds. The predicted octanol–water partition coefficient (Wildman–Crippen LogP) is 3.54. The molecular formula is C16H23ClN2O3. The summed E-state index contributed by atoms with van der Waals surface area (Å²) in [6, 6.07) is 6.95. The van der Waals surface area contributed by atoms with Crippen LogP contribution in [0.3, 0.4) is 0 Å². The average molecular weight is 327 g/mol. The number of hydrogen-bond donors (Lipinski definition) is 2. The molecule has 6 heteroatoms. The van der Waals surface area contributed by atoms with E-state index in [9.17, 15) is 9.59 Å². The second kappa shape index (κ2) is 8.63. The number of amides is 2. The van der Waals surface area contributed by atoms with E-state index in [-0.39, 0.29) is 31.0 Å². The molecular weight excluding hydrogens is 304 g/mol. The van der Waals surface area contributed by atoms with Crippen LogP contribution in [0.1, 0.15) is 38.8 Å². The summed E-state index contributed by atoms with van der Waals surface area (Å²) in [5, 5.41) is 11.9. The Balaban J connectivity index is 2.85. The third-order valence-corrected chi connectivity index (χ3v) is 3.60. The molecule has 0 fully saturated rings. The van der Waals surface area contributed by atoms with Crippen LogP contribution in [0, 0.1) is 5.92 Å². The maximum absolute atomic E-state index is 12.4. The van der Waals surface area contributed by atoms with Crippen molar-refractivity contribution in [2.75, 3.05) is 13.1 Å². The normalized spacial score (nSPS) is 12.0. The van der Waals surface area contributed by atoms with Crippen molar-refractivity contribution in [1.29, 1.82) is 0 Å². The highest BCUT2D eigenvalue weighted by atomic mass is 35.5. The first-order chi connectivity index (χ1) is 10.3. The van der Waals surface area contributed by atoms with E-state index in [4.69, 9.17) is 16.7 Å². The molecule has 0 aliphatic carbocycles. The largest absolute Gasteiger partial charge is 0.481 e. The molecule has 5 nitrogen and oxygen atoms in total. The number of halogens is 1. The van der Waals surface area contributed by atoms with Gasteiger partial charge in [-0.1, -0.05) is 43.6 Å². The van der Waals surface area contributed by atoms with Crippen LogP contribution in [0.25, 0.3) is 0 Å². The summed E-state index contributed by atoms with van der Waals surface area (Å²) in [5.74, 6) is -0.648. The molecule has 0 saturated heterocycles. The van der Waals surface area contributed by atoms with Gasteiger partial charge < -0.3 is 15.3 Å². The predicted molar refractivity (Wildman–Crippen MR) is 87.1 cm³/mol. The number of benzene rings is 1. The fraction of sp³-hybridized carbons (Fsp3) is 0.500. The van der Waals surface area contributed by atoms with Gasteiger partial charge in [0.15, 0.2) is 0 Å². The fourth-order valence-corrected chi connectivity index (χ4v) is 2.46. The Labute approximate surface area is 136 Å². The second-order valence-electron chi connectivity index (χ2n) is 5.62. The van der Waals surface area contributed by atoms with Crippen LogP contribution < -0.4 is 5.32 Å². The van der Waals surface area contributed by atoms with Crippen molar-refractivity contribution in [1.82, 2.24) is 10.2 Å². The summed E-state index contributed by atoms with van der Waals surface area (Å²) < 4.78 is 0. The van der Waals surface area contributed by atoms with Gasteiger partial charge in [-0.3, -0.25) is 4.79 Å². The summed E-state index contributed by atoms with van der Waals surface area (Å²) >= 11 is 6.21. The van der Waals surface area contributed by atoms with Crippen LogP contribution in [-0.2, 0) is 4.79 Å². The molecule has 1 aromatic carbocycles. The maximum Gasteiger partial charge on any atom is 0.317 e. The van der Waals surface area contributed by atoms with E-state index >= 15 is 0 Å². The van der Waals surface area contributed by atoms with E-state index in [2.05, 4.69) is 5.32 Å². The van der Waals surface area contributed by atoms with E-state index in [1.807, 2.05) is 39.0 Å². The smallest absolute Gasteiger partial charge is 0.317 e. The first kappa shape index (κ1) is 18.3. The number of nitrogens with one attached hydrogen (secondary N) is 1. The number of carboxylic acid groups (broad SMARTS) is 1. The molecule has 0 aliphatic rings. The Hall–Kier alpha value is -1.75. The van der Waals surface area contributed by atoms with Gasteiger partial charge in [0.1, 0.15) is 0 Å². The van der Waals surface area contributed by atoms with Crippen LogP contribution in [0.4, 0.5) is 4.79 Å². The highest BCUT2D eigenvalue weighted by Crippen LogP contribution is 2.27.